The molecular formula is C14H15BrClNO2. The molecule has 1 atom stereocenters. The molecule has 1 unspecified atom stereocenters. The largest absolute Gasteiger partial charge is 0.496 e. The van der Waals surface area contributed by atoms with Crippen molar-refractivity contribution in [1.82, 2.24) is 5.32 Å². The van der Waals surface area contributed by atoms with Gasteiger partial charge in [-0.25, -0.2) is 0 Å². The Morgan fingerprint density at radius 3 is 2.74 bits per heavy atom. The lowest BCUT2D eigenvalue weighted by molar-refractivity contribution is 0.391. The molecule has 0 spiro atoms. The van der Waals surface area contributed by atoms with Gasteiger partial charge in [0.05, 0.1) is 13.2 Å². The van der Waals surface area contributed by atoms with Crippen LogP contribution in [0.3, 0.4) is 0 Å². The minimum absolute atomic E-state index is 0.0662. The molecule has 19 heavy (non-hydrogen) atoms. The summed E-state index contributed by atoms with van der Waals surface area (Å²) in [7, 11) is 1.64. The number of halogens is 2. The summed E-state index contributed by atoms with van der Waals surface area (Å²) in [6.07, 6.45) is 0. The fraction of sp³-hybridized carbons (Fsp3) is 0.286. The van der Waals surface area contributed by atoms with E-state index in [1.807, 2.05) is 31.2 Å². The zero-order chi connectivity index (χ0) is 13.8. The Hall–Kier alpha value is -0.970. The predicted molar refractivity (Wildman–Crippen MR) is 79.9 cm³/mol. The molecule has 0 aliphatic heterocycles. The minimum Gasteiger partial charge on any atom is -0.496 e. The van der Waals surface area contributed by atoms with Crippen molar-refractivity contribution in [3.63, 3.8) is 0 Å². The van der Waals surface area contributed by atoms with Crippen molar-refractivity contribution in [1.29, 1.82) is 0 Å². The number of methoxy groups -OCH3 is 1. The second-order valence-corrected chi connectivity index (χ2v) is 5.24. The SMILES string of the molecule is CCNC(c1ccc(Br)o1)c1ccc(Cl)cc1OC. The fourth-order valence-corrected chi connectivity index (χ4v) is 2.46. The van der Waals surface area contributed by atoms with E-state index in [0.29, 0.717) is 9.69 Å². The van der Waals surface area contributed by atoms with E-state index in [2.05, 4.69) is 21.2 Å². The Morgan fingerprint density at radius 1 is 1.37 bits per heavy atom. The molecule has 0 aliphatic rings. The predicted octanol–water partition coefficient (Wildman–Crippen LogP) is 4.40. The molecule has 0 amide bonds. The first kappa shape index (κ1) is 14.4. The number of hydrogen-bond acceptors (Lipinski definition) is 3. The lowest BCUT2D eigenvalue weighted by Gasteiger charge is -2.19. The van der Waals surface area contributed by atoms with Crippen LogP contribution in [0.5, 0.6) is 5.75 Å². The molecule has 0 fully saturated rings. The zero-order valence-corrected chi connectivity index (χ0v) is 13.1. The second-order valence-electron chi connectivity index (χ2n) is 4.02. The van der Waals surface area contributed by atoms with Crippen molar-refractivity contribution < 1.29 is 9.15 Å². The first-order valence-electron chi connectivity index (χ1n) is 5.97. The van der Waals surface area contributed by atoms with Crippen LogP contribution in [0.4, 0.5) is 0 Å². The fourth-order valence-electron chi connectivity index (χ4n) is 1.97. The smallest absolute Gasteiger partial charge is 0.169 e. The summed E-state index contributed by atoms with van der Waals surface area (Å²) in [6.45, 7) is 2.86. The van der Waals surface area contributed by atoms with E-state index >= 15 is 0 Å². The first-order chi connectivity index (χ1) is 9.15. The van der Waals surface area contributed by atoms with Crippen molar-refractivity contribution >= 4 is 27.5 Å². The molecule has 0 saturated carbocycles. The topological polar surface area (TPSA) is 34.4 Å². The van der Waals surface area contributed by atoms with Crippen LogP contribution in [0.15, 0.2) is 39.4 Å². The number of furan rings is 1. The first-order valence-corrected chi connectivity index (χ1v) is 7.14. The van der Waals surface area contributed by atoms with Crippen molar-refractivity contribution in [2.75, 3.05) is 13.7 Å². The molecule has 5 heteroatoms. The van der Waals surface area contributed by atoms with E-state index in [0.717, 1.165) is 23.6 Å². The molecule has 102 valence electrons. The molecule has 2 aromatic rings. The Labute approximate surface area is 126 Å². The average Bonchev–Trinajstić information content (AvgIpc) is 2.82. The normalized spacial score (nSPS) is 12.4. The lowest BCUT2D eigenvalue weighted by Crippen LogP contribution is -2.22. The van der Waals surface area contributed by atoms with Gasteiger partial charge in [0.1, 0.15) is 11.5 Å². The van der Waals surface area contributed by atoms with Gasteiger partial charge in [0.15, 0.2) is 4.67 Å². The maximum atomic E-state index is 6.00. The monoisotopic (exact) mass is 343 g/mol. The lowest BCUT2D eigenvalue weighted by atomic mass is 10.0. The Kier molecular flexibility index (Phi) is 4.91. The Morgan fingerprint density at radius 2 is 2.16 bits per heavy atom. The van der Waals surface area contributed by atoms with Crippen LogP contribution in [0.25, 0.3) is 0 Å². The van der Waals surface area contributed by atoms with Gasteiger partial charge < -0.3 is 14.5 Å². The second kappa shape index (κ2) is 6.46. The molecule has 1 N–H and O–H groups in total. The van der Waals surface area contributed by atoms with Crippen LogP contribution in [0.1, 0.15) is 24.3 Å². The van der Waals surface area contributed by atoms with Gasteiger partial charge in [0.2, 0.25) is 0 Å². The van der Waals surface area contributed by atoms with E-state index in [1.54, 1.807) is 13.2 Å². The van der Waals surface area contributed by atoms with E-state index < -0.39 is 0 Å². The number of nitrogens with one attached hydrogen (secondary N) is 1. The molecule has 0 radical (unpaired) electrons. The van der Waals surface area contributed by atoms with Crippen molar-refractivity contribution in [2.24, 2.45) is 0 Å². The van der Waals surface area contributed by atoms with Crippen LogP contribution in [0, 0.1) is 0 Å². The Balaban J connectivity index is 2.44. The Bertz CT molecular complexity index is 556. The van der Waals surface area contributed by atoms with Crippen LogP contribution >= 0.6 is 27.5 Å². The molecule has 0 saturated heterocycles. The average molecular weight is 345 g/mol. The standard InChI is InChI=1S/C14H15BrClNO2/c1-3-17-14(11-6-7-13(15)19-11)10-5-4-9(16)8-12(10)18-2/h4-8,14,17H,3H2,1-2H3. The summed E-state index contributed by atoms with van der Waals surface area (Å²) in [6, 6.07) is 9.35. The summed E-state index contributed by atoms with van der Waals surface area (Å²) >= 11 is 9.32. The van der Waals surface area contributed by atoms with Gasteiger partial charge in [-0.1, -0.05) is 24.6 Å². The number of benzene rings is 1. The summed E-state index contributed by atoms with van der Waals surface area (Å²) in [5.41, 5.74) is 0.996. The van der Waals surface area contributed by atoms with Crippen LogP contribution < -0.4 is 10.1 Å². The number of hydrogen-bond donors (Lipinski definition) is 1. The van der Waals surface area contributed by atoms with Crippen molar-refractivity contribution in [3.05, 3.63) is 51.3 Å². The highest BCUT2D eigenvalue weighted by Crippen LogP contribution is 2.33. The molecule has 1 aromatic heterocycles. The summed E-state index contributed by atoms with van der Waals surface area (Å²) in [4.78, 5) is 0. The van der Waals surface area contributed by atoms with Gasteiger partial charge in [-0.2, -0.15) is 0 Å². The summed E-state index contributed by atoms with van der Waals surface area (Å²) in [5, 5.41) is 4.03. The van der Waals surface area contributed by atoms with Gasteiger partial charge in [-0.05, 0) is 46.7 Å². The molecule has 1 aromatic carbocycles. The van der Waals surface area contributed by atoms with Gasteiger partial charge >= 0.3 is 0 Å². The van der Waals surface area contributed by atoms with Gasteiger partial charge in [-0.3, -0.25) is 0 Å². The number of rotatable bonds is 5. The highest BCUT2D eigenvalue weighted by molar-refractivity contribution is 9.10. The van der Waals surface area contributed by atoms with Crippen LogP contribution in [-0.2, 0) is 0 Å². The molecule has 1 heterocycles. The molecule has 2 rings (SSSR count). The summed E-state index contributed by atoms with van der Waals surface area (Å²) in [5.74, 6) is 1.57. The summed E-state index contributed by atoms with van der Waals surface area (Å²) < 4.78 is 11.8. The third-order valence-corrected chi connectivity index (χ3v) is 3.45. The van der Waals surface area contributed by atoms with E-state index in [9.17, 15) is 0 Å². The van der Waals surface area contributed by atoms with E-state index in [-0.39, 0.29) is 6.04 Å². The molecule has 0 bridgehead atoms. The van der Waals surface area contributed by atoms with Gasteiger partial charge in [0.25, 0.3) is 0 Å². The molecule has 3 nitrogen and oxygen atoms in total. The minimum atomic E-state index is -0.0662. The maximum Gasteiger partial charge on any atom is 0.169 e. The zero-order valence-electron chi connectivity index (χ0n) is 10.7. The van der Waals surface area contributed by atoms with Crippen molar-refractivity contribution in [2.45, 2.75) is 13.0 Å². The van der Waals surface area contributed by atoms with Crippen LogP contribution in [-0.4, -0.2) is 13.7 Å². The van der Waals surface area contributed by atoms with Gasteiger partial charge in [-0.15, -0.1) is 0 Å². The van der Waals surface area contributed by atoms with Gasteiger partial charge in [0, 0.05) is 10.6 Å². The maximum absolute atomic E-state index is 6.00. The third-order valence-electron chi connectivity index (χ3n) is 2.79. The third kappa shape index (κ3) is 3.32. The van der Waals surface area contributed by atoms with Crippen molar-refractivity contribution in [3.8, 4) is 5.75 Å². The van der Waals surface area contributed by atoms with Crippen LogP contribution in [0.2, 0.25) is 5.02 Å². The van der Waals surface area contributed by atoms with E-state index in [4.69, 9.17) is 20.8 Å². The quantitative estimate of drug-likeness (QED) is 0.873. The van der Waals surface area contributed by atoms with E-state index in [1.165, 1.54) is 0 Å². The molecule has 0 aliphatic carbocycles. The highest BCUT2D eigenvalue weighted by Gasteiger charge is 2.20. The highest BCUT2D eigenvalue weighted by atomic mass is 79.9. The molecular weight excluding hydrogens is 330 g/mol. The number of ether oxygens (including phenoxy) is 1.